The predicted octanol–water partition coefficient (Wildman–Crippen LogP) is 4.06. The van der Waals surface area contributed by atoms with E-state index in [0.29, 0.717) is 22.3 Å². The Labute approximate surface area is 122 Å². The van der Waals surface area contributed by atoms with Crippen molar-refractivity contribution in [3.05, 3.63) is 51.3 Å². The quantitative estimate of drug-likeness (QED) is 0.853. The number of halogens is 2. The SMILES string of the molecule is CCCc1nn(Cc2ccc(Cl)cc2)c(Cl)c1C#N. The number of aryl methyl sites for hydroxylation is 1. The van der Waals surface area contributed by atoms with Crippen molar-refractivity contribution in [2.75, 3.05) is 0 Å². The zero-order valence-corrected chi connectivity index (χ0v) is 12.0. The second-order valence-corrected chi connectivity index (χ2v) is 5.05. The Morgan fingerprint density at radius 2 is 1.95 bits per heavy atom. The highest BCUT2D eigenvalue weighted by Gasteiger charge is 2.15. The molecule has 1 aromatic carbocycles. The van der Waals surface area contributed by atoms with E-state index in [-0.39, 0.29) is 0 Å². The summed E-state index contributed by atoms with van der Waals surface area (Å²) in [5.41, 5.74) is 2.29. The minimum atomic E-state index is 0.404. The topological polar surface area (TPSA) is 41.6 Å². The lowest BCUT2D eigenvalue weighted by atomic mass is 10.2. The van der Waals surface area contributed by atoms with Crippen LogP contribution >= 0.6 is 23.2 Å². The van der Waals surface area contributed by atoms with Crippen LogP contribution in [-0.4, -0.2) is 9.78 Å². The summed E-state index contributed by atoms with van der Waals surface area (Å²) >= 11 is 12.0. The van der Waals surface area contributed by atoms with Gasteiger partial charge in [-0.25, -0.2) is 4.68 Å². The fraction of sp³-hybridized carbons (Fsp3) is 0.286. The average Bonchev–Trinajstić information content (AvgIpc) is 2.69. The number of hydrogen-bond donors (Lipinski definition) is 0. The van der Waals surface area contributed by atoms with Crippen molar-refractivity contribution < 1.29 is 0 Å². The van der Waals surface area contributed by atoms with Crippen LogP contribution < -0.4 is 0 Å². The second-order valence-electron chi connectivity index (χ2n) is 4.26. The van der Waals surface area contributed by atoms with Crippen LogP contribution in [0.3, 0.4) is 0 Å². The molecule has 0 fully saturated rings. The molecule has 2 aromatic rings. The highest BCUT2D eigenvalue weighted by atomic mass is 35.5. The summed E-state index contributed by atoms with van der Waals surface area (Å²) in [5.74, 6) is 0. The van der Waals surface area contributed by atoms with Crippen LogP contribution in [0.2, 0.25) is 10.2 Å². The molecular weight excluding hydrogens is 281 g/mol. The molecule has 0 atom stereocenters. The second kappa shape index (κ2) is 6.10. The Morgan fingerprint density at radius 3 is 2.53 bits per heavy atom. The molecule has 1 heterocycles. The Morgan fingerprint density at radius 1 is 1.26 bits per heavy atom. The molecule has 0 saturated heterocycles. The van der Waals surface area contributed by atoms with Crippen molar-refractivity contribution in [1.29, 1.82) is 5.26 Å². The van der Waals surface area contributed by atoms with Gasteiger partial charge in [-0.15, -0.1) is 0 Å². The van der Waals surface area contributed by atoms with E-state index >= 15 is 0 Å². The zero-order valence-electron chi connectivity index (χ0n) is 10.5. The first-order chi connectivity index (χ1) is 9.15. The maximum Gasteiger partial charge on any atom is 0.145 e. The van der Waals surface area contributed by atoms with E-state index in [2.05, 4.69) is 11.2 Å². The van der Waals surface area contributed by atoms with Gasteiger partial charge >= 0.3 is 0 Å². The Bertz CT molecular complexity index is 609. The summed E-state index contributed by atoms with van der Waals surface area (Å²) in [5, 5.41) is 14.7. The molecule has 0 amide bonds. The van der Waals surface area contributed by atoms with E-state index in [1.807, 2.05) is 31.2 Å². The van der Waals surface area contributed by atoms with Gasteiger partial charge < -0.3 is 0 Å². The number of nitriles is 1. The number of benzene rings is 1. The molecule has 5 heteroatoms. The van der Waals surface area contributed by atoms with Gasteiger partial charge in [-0.1, -0.05) is 48.7 Å². The summed E-state index contributed by atoms with van der Waals surface area (Å²) in [7, 11) is 0. The molecule has 0 N–H and O–H groups in total. The van der Waals surface area contributed by atoms with Gasteiger partial charge in [0.25, 0.3) is 0 Å². The molecule has 0 unspecified atom stereocenters. The molecular formula is C14H13Cl2N3. The van der Waals surface area contributed by atoms with Crippen molar-refractivity contribution in [3.8, 4) is 6.07 Å². The molecule has 0 aliphatic rings. The third kappa shape index (κ3) is 3.09. The van der Waals surface area contributed by atoms with E-state index in [9.17, 15) is 0 Å². The normalized spacial score (nSPS) is 10.4. The summed E-state index contributed by atoms with van der Waals surface area (Å²) in [6.07, 6.45) is 1.69. The van der Waals surface area contributed by atoms with Crippen molar-refractivity contribution >= 4 is 23.2 Å². The standard InChI is InChI=1S/C14H13Cl2N3/c1-2-3-13-12(8-17)14(16)19(18-13)9-10-4-6-11(15)7-5-10/h4-7H,2-3,9H2,1H3. The van der Waals surface area contributed by atoms with Crippen LogP contribution in [-0.2, 0) is 13.0 Å². The van der Waals surface area contributed by atoms with Crippen LogP contribution in [0.1, 0.15) is 30.2 Å². The fourth-order valence-electron chi connectivity index (χ4n) is 1.88. The molecule has 0 aliphatic carbocycles. The predicted molar refractivity (Wildman–Crippen MR) is 76.5 cm³/mol. The summed E-state index contributed by atoms with van der Waals surface area (Å²) in [6, 6.07) is 9.62. The van der Waals surface area contributed by atoms with Crippen molar-refractivity contribution in [2.24, 2.45) is 0 Å². The van der Waals surface area contributed by atoms with E-state index in [1.165, 1.54) is 0 Å². The maximum absolute atomic E-state index is 9.14. The summed E-state index contributed by atoms with van der Waals surface area (Å²) in [4.78, 5) is 0. The van der Waals surface area contributed by atoms with E-state index in [0.717, 1.165) is 24.1 Å². The van der Waals surface area contributed by atoms with E-state index in [1.54, 1.807) is 4.68 Å². The van der Waals surface area contributed by atoms with Crippen molar-refractivity contribution in [1.82, 2.24) is 9.78 Å². The van der Waals surface area contributed by atoms with Crippen LogP contribution in [0.25, 0.3) is 0 Å². The fourth-order valence-corrected chi connectivity index (χ4v) is 2.25. The molecule has 98 valence electrons. The Kier molecular flexibility index (Phi) is 4.47. The zero-order chi connectivity index (χ0) is 13.8. The molecule has 3 nitrogen and oxygen atoms in total. The van der Waals surface area contributed by atoms with Gasteiger partial charge in [0, 0.05) is 5.02 Å². The van der Waals surface area contributed by atoms with Gasteiger partial charge in [-0.3, -0.25) is 0 Å². The molecule has 0 spiro atoms. The minimum absolute atomic E-state index is 0.404. The molecule has 2 rings (SSSR count). The first kappa shape index (κ1) is 13.9. The highest BCUT2D eigenvalue weighted by molar-refractivity contribution is 6.31. The van der Waals surface area contributed by atoms with Gasteiger partial charge in [-0.2, -0.15) is 10.4 Å². The Balaban J connectivity index is 2.30. The largest absolute Gasteiger partial charge is 0.248 e. The lowest BCUT2D eigenvalue weighted by Crippen LogP contribution is -2.02. The van der Waals surface area contributed by atoms with E-state index in [4.69, 9.17) is 28.5 Å². The van der Waals surface area contributed by atoms with Gasteiger partial charge in [0.1, 0.15) is 16.8 Å². The number of aromatic nitrogens is 2. The van der Waals surface area contributed by atoms with Gasteiger partial charge in [0.15, 0.2) is 0 Å². The third-order valence-electron chi connectivity index (χ3n) is 2.81. The highest BCUT2D eigenvalue weighted by Crippen LogP contribution is 2.22. The van der Waals surface area contributed by atoms with Crippen molar-refractivity contribution in [2.45, 2.75) is 26.3 Å². The van der Waals surface area contributed by atoms with Crippen LogP contribution in [0.4, 0.5) is 0 Å². The minimum Gasteiger partial charge on any atom is -0.248 e. The Hall–Kier alpha value is -1.50. The van der Waals surface area contributed by atoms with Crippen LogP contribution in [0.5, 0.6) is 0 Å². The monoisotopic (exact) mass is 293 g/mol. The van der Waals surface area contributed by atoms with Gasteiger partial charge in [0.2, 0.25) is 0 Å². The maximum atomic E-state index is 9.14. The van der Waals surface area contributed by atoms with Gasteiger partial charge in [-0.05, 0) is 24.1 Å². The molecule has 0 radical (unpaired) electrons. The first-order valence-corrected chi connectivity index (χ1v) is 6.81. The van der Waals surface area contributed by atoms with E-state index < -0.39 is 0 Å². The third-order valence-corrected chi connectivity index (χ3v) is 3.44. The smallest absolute Gasteiger partial charge is 0.145 e. The lowest BCUT2D eigenvalue weighted by molar-refractivity contribution is 0.668. The molecule has 1 aromatic heterocycles. The molecule has 0 bridgehead atoms. The van der Waals surface area contributed by atoms with Crippen molar-refractivity contribution in [3.63, 3.8) is 0 Å². The van der Waals surface area contributed by atoms with Crippen LogP contribution in [0.15, 0.2) is 24.3 Å². The lowest BCUT2D eigenvalue weighted by Gasteiger charge is -2.03. The molecule has 19 heavy (non-hydrogen) atoms. The number of rotatable bonds is 4. The number of hydrogen-bond acceptors (Lipinski definition) is 2. The number of nitrogens with zero attached hydrogens (tertiary/aromatic N) is 3. The van der Waals surface area contributed by atoms with Crippen LogP contribution in [0, 0.1) is 11.3 Å². The first-order valence-electron chi connectivity index (χ1n) is 6.05. The molecule has 0 saturated carbocycles. The molecule has 0 aliphatic heterocycles. The summed E-state index contributed by atoms with van der Waals surface area (Å²) in [6.45, 7) is 2.58. The summed E-state index contributed by atoms with van der Waals surface area (Å²) < 4.78 is 1.66. The van der Waals surface area contributed by atoms with Gasteiger partial charge in [0.05, 0.1) is 12.2 Å². The average molecular weight is 294 g/mol.